The number of nitrogens with zero attached hydrogens (tertiary/aromatic N) is 2. The fraction of sp³-hybridized carbons (Fsp3) is 0.500. The van der Waals surface area contributed by atoms with Crippen LogP contribution in [0.3, 0.4) is 0 Å². The second kappa shape index (κ2) is 9.78. The van der Waals surface area contributed by atoms with Gasteiger partial charge in [0.15, 0.2) is 12.4 Å². The second-order valence-corrected chi connectivity index (χ2v) is 8.81. The van der Waals surface area contributed by atoms with Crippen molar-refractivity contribution in [1.29, 1.82) is 0 Å². The summed E-state index contributed by atoms with van der Waals surface area (Å²) >= 11 is 6.23. The molecular weight excluding hydrogens is 450 g/mol. The normalized spacial score (nSPS) is 17.2. The van der Waals surface area contributed by atoms with Gasteiger partial charge in [-0.3, -0.25) is 14.4 Å². The van der Waals surface area contributed by atoms with E-state index in [0.717, 1.165) is 38.5 Å². The first kappa shape index (κ1) is 23.0. The molecule has 1 aromatic carbocycles. The first-order valence-electron chi connectivity index (χ1n) is 11.0. The van der Waals surface area contributed by atoms with E-state index in [2.05, 4.69) is 26.1 Å². The summed E-state index contributed by atoms with van der Waals surface area (Å²) in [6, 6.07) is 3.10. The topological polar surface area (TPSA) is 135 Å². The number of amides is 3. The Hall–Kier alpha value is -3.14. The SMILES string of the molecule is CC(=O)NC1(c2noc(CCC(=O)Nc3cc4c(cc3Cl)NC(=O)CO4)n2)CCCCCC1. The van der Waals surface area contributed by atoms with Crippen molar-refractivity contribution in [3.63, 3.8) is 0 Å². The van der Waals surface area contributed by atoms with E-state index < -0.39 is 5.54 Å². The van der Waals surface area contributed by atoms with Crippen LogP contribution in [0.1, 0.15) is 63.6 Å². The quantitative estimate of drug-likeness (QED) is 0.545. The van der Waals surface area contributed by atoms with Gasteiger partial charge >= 0.3 is 0 Å². The predicted octanol–water partition coefficient (Wildman–Crippen LogP) is 3.31. The van der Waals surface area contributed by atoms with Crippen molar-refractivity contribution in [2.45, 2.75) is 63.8 Å². The molecule has 0 unspecified atom stereocenters. The fourth-order valence-electron chi connectivity index (χ4n) is 4.25. The van der Waals surface area contributed by atoms with Gasteiger partial charge in [0.2, 0.25) is 17.7 Å². The highest BCUT2D eigenvalue weighted by molar-refractivity contribution is 6.34. The van der Waals surface area contributed by atoms with Gasteiger partial charge in [-0.15, -0.1) is 0 Å². The summed E-state index contributed by atoms with van der Waals surface area (Å²) in [6.07, 6.45) is 6.01. The molecule has 1 aliphatic carbocycles. The van der Waals surface area contributed by atoms with E-state index in [4.69, 9.17) is 20.9 Å². The van der Waals surface area contributed by atoms with Crippen molar-refractivity contribution < 1.29 is 23.6 Å². The lowest BCUT2D eigenvalue weighted by atomic mass is 9.89. The second-order valence-electron chi connectivity index (χ2n) is 8.40. The zero-order valence-corrected chi connectivity index (χ0v) is 19.1. The van der Waals surface area contributed by atoms with Crippen LogP contribution in [-0.2, 0) is 26.3 Å². The van der Waals surface area contributed by atoms with E-state index in [9.17, 15) is 14.4 Å². The number of ether oxygens (including phenoxy) is 1. The minimum absolute atomic E-state index is 0.0957. The number of benzene rings is 1. The molecule has 1 saturated carbocycles. The van der Waals surface area contributed by atoms with Gasteiger partial charge in [-0.2, -0.15) is 4.98 Å². The van der Waals surface area contributed by atoms with E-state index in [1.807, 2.05) is 0 Å². The average Bonchev–Trinajstić information content (AvgIpc) is 3.13. The molecule has 11 heteroatoms. The van der Waals surface area contributed by atoms with Crippen LogP contribution >= 0.6 is 11.6 Å². The summed E-state index contributed by atoms with van der Waals surface area (Å²) in [5, 5.41) is 12.9. The summed E-state index contributed by atoms with van der Waals surface area (Å²) in [6.45, 7) is 1.39. The van der Waals surface area contributed by atoms with Gasteiger partial charge in [-0.05, 0) is 18.9 Å². The number of rotatable bonds is 6. The maximum absolute atomic E-state index is 12.5. The van der Waals surface area contributed by atoms with Crippen molar-refractivity contribution in [1.82, 2.24) is 15.5 Å². The number of carbonyl (C=O) groups is 3. The zero-order chi connectivity index (χ0) is 23.4. The number of fused-ring (bicyclic) bond motifs is 1. The number of aryl methyl sites for hydroxylation is 1. The van der Waals surface area contributed by atoms with Crippen LogP contribution in [-0.4, -0.2) is 34.5 Å². The first-order chi connectivity index (χ1) is 15.8. The minimum atomic E-state index is -0.627. The first-order valence-corrected chi connectivity index (χ1v) is 11.4. The van der Waals surface area contributed by atoms with Gasteiger partial charge in [0.25, 0.3) is 5.91 Å². The van der Waals surface area contributed by atoms with Gasteiger partial charge in [-0.1, -0.05) is 42.4 Å². The maximum atomic E-state index is 12.5. The van der Waals surface area contributed by atoms with E-state index in [-0.39, 0.29) is 42.2 Å². The van der Waals surface area contributed by atoms with Gasteiger partial charge in [0, 0.05) is 25.8 Å². The Morgan fingerprint density at radius 3 is 2.70 bits per heavy atom. The number of halogens is 1. The Morgan fingerprint density at radius 2 is 1.97 bits per heavy atom. The van der Waals surface area contributed by atoms with Gasteiger partial charge in [-0.25, -0.2) is 0 Å². The molecule has 0 atom stereocenters. The molecule has 10 nitrogen and oxygen atoms in total. The smallest absolute Gasteiger partial charge is 0.262 e. The number of nitrogens with one attached hydrogen (secondary N) is 3. The van der Waals surface area contributed by atoms with Crippen LogP contribution in [0.2, 0.25) is 5.02 Å². The average molecular weight is 476 g/mol. The molecule has 0 bridgehead atoms. The van der Waals surface area contributed by atoms with Crippen molar-refractivity contribution in [3.8, 4) is 5.75 Å². The van der Waals surface area contributed by atoms with E-state index >= 15 is 0 Å². The standard InChI is InChI=1S/C22H26ClN5O5/c1-13(29)27-22(8-4-2-3-5-9-22)21-26-20(33-28-21)7-6-18(30)24-15-11-17-16(10-14(15)23)25-19(31)12-32-17/h10-11H,2-9,12H2,1H3,(H,24,30)(H,25,31)(H,27,29). The number of hydrogen-bond donors (Lipinski definition) is 3. The Kier molecular flexibility index (Phi) is 6.83. The third kappa shape index (κ3) is 5.44. The molecule has 2 aliphatic rings. The lowest BCUT2D eigenvalue weighted by Gasteiger charge is -2.30. The highest BCUT2D eigenvalue weighted by Gasteiger charge is 2.38. The summed E-state index contributed by atoms with van der Waals surface area (Å²) in [4.78, 5) is 40.3. The van der Waals surface area contributed by atoms with E-state index in [1.165, 1.54) is 13.0 Å². The molecule has 3 N–H and O–H groups in total. The highest BCUT2D eigenvalue weighted by Crippen LogP contribution is 2.37. The largest absolute Gasteiger partial charge is 0.482 e. The molecule has 176 valence electrons. The lowest BCUT2D eigenvalue weighted by Crippen LogP contribution is -2.45. The van der Waals surface area contributed by atoms with Crippen LogP contribution in [0.15, 0.2) is 16.7 Å². The molecule has 4 rings (SSSR count). The minimum Gasteiger partial charge on any atom is -0.482 e. The molecule has 0 saturated heterocycles. The third-order valence-electron chi connectivity index (χ3n) is 5.81. The van der Waals surface area contributed by atoms with Crippen LogP contribution in [0.25, 0.3) is 0 Å². The third-order valence-corrected chi connectivity index (χ3v) is 6.12. The van der Waals surface area contributed by atoms with Crippen molar-refractivity contribution in [2.24, 2.45) is 0 Å². The Morgan fingerprint density at radius 1 is 1.21 bits per heavy atom. The molecule has 1 fully saturated rings. The number of hydrogen-bond acceptors (Lipinski definition) is 7. The van der Waals surface area contributed by atoms with Gasteiger partial charge in [0.05, 0.1) is 16.4 Å². The van der Waals surface area contributed by atoms with Crippen LogP contribution in [0.5, 0.6) is 5.75 Å². The summed E-state index contributed by atoms with van der Waals surface area (Å²) in [5.41, 5.74) is 0.211. The van der Waals surface area contributed by atoms with Crippen molar-refractivity contribution >= 4 is 40.7 Å². The Bertz CT molecular complexity index is 1060. The van der Waals surface area contributed by atoms with E-state index in [1.54, 1.807) is 6.07 Å². The number of aromatic nitrogens is 2. The van der Waals surface area contributed by atoms with Crippen molar-refractivity contribution in [2.75, 3.05) is 17.2 Å². The molecule has 3 amide bonds. The molecule has 2 heterocycles. The highest BCUT2D eigenvalue weighted by atomic mass is 35.5. The van der Waals surface area contributed by atoms with E-state index in [0.29, 0.717) is 28.8 Å². The van der Waals surface area contributed by atoms with Crippen LogP contribution in [0, 0.1) is 0 Å². The van der Waals surface area contributed by atoms with Crippen LogP contribution < -0.4 is 20.7 Å². The van der Waals surface area contributed by atoms with Crippen molar-refractivity contribution in [3.05, 3.63) is 28.9 Å². The summed E-state index contributed by atoms with van der Waals surface area (Å²) in [7, 11) is 0. The number of anilines is 2. The molecule has 2 aromatic rings. The fourth-order valence-corrected chi connectivity index (χ4v) is 4.46. The molecule has 1 aromatic heterocycles. The molecule has 33 heavy (non-hydrogen) atoms. The van der Waals surface area contributed by atoms with Gasteiger partial charge < -0.3 is 25.2 Å². The molecular formula is C22H26ClN5O5. The van der Waals surface area contributed by atoms with Crippen LogP contribution in [0.4, 0.5) is 11.4 Å². The van der Waals surface area contributed by atoms with Gasteiger partial charge in [0.1, 0.15) is 11.3 Å². The summed E-state index contributed by atoms with van der Waals surface area (Å²) < 4.78 is 10.8. The molecule has 0 radical (unpaired) electrons. The Balaban J connectivity index is 1.39. The predicted molar refractivity (Wildman–Crippen MR) is 120 cm³/mol. The Labute approximate surface area is 195 Å². The lowest BCUT2D eigenvalue weighted by molar-refractivity contribution is -0.121. The molecule has 1 aliphatic heterocycles. The zero-order valence-electron chi connectivity index (χ0n) is 18.3. The number of carbonyl (C=O) groups excluding carboxylic acids is 3. The molecule has 0 spiro atoms. The maximum Gasteiger partial charge on any atom is 0.262 e. The monoisotopic (exact) mass is 475 g/mol. The summed E-state index contributed by atoms with van der Waals surface area (Å²) in [5.74, 6) is 0.542.